The Kier molecular flexibility index (Phi) is 7.79. The van der Waals surface area contributed by atoms with Crippen molar-refractivity contribution in [3.8, 4) is 0 Å². The van der Waals surface area contributed by atoms with Gasteiger partial charge in [-0.2, -0.15) is 0 Å². The van der Waals surface area contributed by atoms with Gasteiger partial charge in [-0.05, 0) is 12.8 Å². The number of primary amides is 1. The Morgan fingerprint density at radius 3 is 2.52 bits per heavy atom. The van der Waals surface area contributed by atoms with Crippen LogP contribution in [0.2, 0.25) is 0 Å². The summed E-state index contributed by atoms with van der Waals surface area (Å²) in [7, 11) is 0. The summed E-state index contributed by atoms with van der Waals surface area (Å²) in [6, 6.07) is -1.16. The molecule has 1 rings (SSSR count). The van der Waals surface area contributed by atoms with Crippen molar-refractivity contribution >= 4 is 17.7 Å². The Bertz CT molecular complexity index is 371. The van der Waals surface area contributed by atoms with E-state index in [0.717, 1.165) is 19.3 Å². The van der Waals surface area contributed by atoms with Crippen molar-refractivity contribution in [2.45, 2.75) is 76.8 Å². The van der Waals surface area contributed by atoms with E-state index in [-0.39, 0.29) is 11.8 Å². The minimum atomic E-state index is -0.638. The van der Waals surface area contributed by atoms with E-state index in [2.05, 4.69) is 17.6 Å². The van der Waals surface area contributed by atoms with Gasteiger partial charge in [0.1, 0.15) is 12.1 Å². The molecule has 4 N–H and O–H groups in total. The molecule has 3 amide bonds. The summed E-state index contributed by atoms with van der Waals surface area (Å²) in [4.78, 5) is 34.4. The molecule has 6 nitrogen and oxygen atoms in total. The Morgan fingerprint density at radius 2 is 1.95 bits per heavy atom. The molecule has 0 saturated carbocycles. The van der Waals surface area contributed by atoms with Crippen LogP contribution in [-0.2, 0) is 14.4 Å². The van der Waals surface area contributed by atoms with Crippen LogP contribution in [0.25, 0.3) is 0 Å². The van der Waals surface area contributed by atoms with Crippen LogP contribution in [0.1, 0.15) is 64.7 Å². The zero-order valence-electron chi connectivity index (χ0n) is 12.8. The summed E-state index contributed by atoms with van der Waals surface area (Å²) in [5.74, 6) is -0.946. The number of carbonyl (C=O) groups excluding carboxylic acids is 3. The van der Waals surface area contributed by atoms with Crippen molar-refractivity contribution in [1.29, 1.82) is 0 Å². The van der Waals surface area contributed by atoms with Crippen molar-refractivity contribution < 1.29 is 14.4 Å². The van der Waals surface area contributed by atoms with Crippen LogP contribution >= 0.6 is 0 Å². The molecule has 1 aliphatic heterocycles. The molecule has 0 bridgehead atoms. The van der Waals surface area contributed by atoms with Gasteiger partial charge in [-0.3, -0.25) is 14.4 Å². The highest BCUT2D eigenvalue weighted by Gasteiger charge is 2.29. The number of hydrogen-bond acceptors (Lipinski definition) is 3. The lowest BCUT2D eigenvalue weighted by Crippen LogP contribution is -2.50. The van der Waals surface area contributed by atoms with Gasteiger partial charge in [0, 0.05) is 6.42 Å². The first-order valence-electron chi connectivity index (χ1n) is 7.93. The zero-order chi connectivity index (χ0) is 15.7. The highest BCUT2D eigenvalue weighted by atomic mass is 16.2. The Balaban J connectivity index is 2.27. The van der Waals surface area contributed by atoms with Crippen molar-refractivity contribution in [2.24, 2.45) is 5.73 Å². The monoisotopic (exact) mass is 297 g/mol. The summed E-state index contributed by atoms with van der Waals surface area (Å²) >= 11 is 0. The van der Waals surface area contributed by atoms with E-state index in [9.17, 15) is 14.4 Å². The maximum atomic E-state index is 11.9. The highest BCUT2D eigenvalue weighted by Crippen LogP contribution is 2.10. The molecule has 2 atom stereocenters. The molecule has 1 aliphatic rings. The van der Waals surface area contributed by atoms with Gasteiger partial charge in [-0.25, -0.2) is 0 Å². The lowest BCUT2D eigenvalue weighted by Gasteiger charge is -2.18. The summed E-state index contributed by atoms with van der Waals surface area (Å²) in [6.07, 6.45) is 8.10. The lowest BCUT2D eigenvalue weighted by atomic mass is 10.0. The van der Waals surface area contributed by atoms with E-state index in [0.29, 0.717) is 19.3 Å². The average molecular weight is 297 g/mol. The van der Waals surface area contributed by atoms with Gasteiger partial charge >= 0.3 is 0 Å². The molecular weight excluding hydrogens is 270 g/mol. The van der Waals surface area contributed by atoms with E-state index in [1.807, 2.05) is 0 Å². The van der Waals surface area contributed by atoms with Crippen molar-refractivity contribution in [3.05, 3.63) is 0 Å². The first-order valence-corrected chi connectivity index (χ1v) is 7.93. The first-order chi connectivity index (χ1) is 10.0. The molecule has 0 spiro atoms. The van der Waals surface area contributed by atoms with E-state index >= 15 is 0 Å². The van der Waals surface area contributed by atoms with Crippen LogP contribution in [0.3, 0.4) is 0 Å². The molecule has 0 aliphatic carbocycles. The molecule has 120 valence electrons. The van der Waals surface area contributed by atoms with E-state index < -0.39 is 18.0 Å². The largest absolute Gasteiger partial charge is 0.368 e. The lowest BCUT2D eigenvalue weighted by molar-refractivity contribution is -0.129. The number of nitrogens with two attached hydrogens (primary N) is 1. The molecule has 1 heterocycles. The standard InChI is InChI=1S/C15H27N3O3/c1-2-3-4-5-6-7-8-11(14(16)20)18-15(21)12-9-10-13(19)17-12/h11-12H,2-10H2,1H3,(H2,16,20)(H,17,19)(H,18,21)/t11-,12-/m1/s1. The van der Waals surface area contributed by atoms with Crippen LogP contribution in [0.15, 0.2) is 0 Å². The second-order valence-corrected chi connectivity index (χ2v) is 5.68. The zero-order valence-corrected chi connectivity index (χ0v) is 12.8. The molecule has 0 aromatic heterocycles. The number of nitrogens with one attached hydrogen (secondary N) is 2. The van der Waals surface area contributed by atoms with Gasteiger partial charge in [0.05, 0.1) is 0 Å². The maximum absolute atomic E-state index is 11.9. The number of amides is 3. The third kappa shape index (κ3) is 6.60. The second-order valence-electron chi connectivity index (χ2n) is 5.68. The minimum absolute atomic E-state index is 0.123. The summed E-state index contributed by atoms with van der Waals surface area (Å²) in [5, 5.41) is 5.24. The molecule has 21 heavy (non-hydrogen) atoms. The van der Waals surface area contributed by atoms with Crippen molar-refractivity contribution in [2.75, 3.05) is 0 Å². The van der Waals surface area contributed by atoms with Crippen LogP contribution in [0, 0.1) is 0 Å². The number of hydrogen-bond donors (Lipinski definition) is 3. The van der Waals surface area contributed by atoms with Crippen LogP contribution in [0.5, 0.6) is 0 Å². The molecule has 1 saturated heterocycles. The normalized spacial score (nSPS) is 19.1. The molecule has 0 unspecified atom stereocenters. The second kappa shape index (κ2) is 9.37. The Labute approximate surface area is 126 Å². The van der Waals surface area contributed by atoms with Crippen LogP contribution < -0.4 is 16.4 Å². The van der Waals surface area contributed by atoms with Crippen molar-refractivity contribution in [3.63, 3.8) is 0 Å². The summed E-state index contributed by atoms with van der Waals surface area (Å²) in [6.45, 7) is 2.17. The molecular formula is C15H27N3O3. The van der Waals surface area contributed by atoms with Gasteiger partial charge in [-0.1, -0.05) is 45.4 Å². The van der Waals surface area contributed by atoms with E-state index in [1.165, 1.54) is 19.3 Å². The van der Waals surface area contributed by atoms with Gasteiger partial charge in [0.2, 0.25) is 17.7 Å². The quantitative estimate of drug-likeness (QED) is 0.524. The van der Waals surface area contributed by atoms with Gasteiger partial charge in [0.25, 0.3) is 0 Å². The fourth-order valence-electron chi connectivity index (χ4n) is 2.50. The summed E-state index contributed by atoms with van der Waals surface area (Å²) in [5.41, 5.74) is 5.33. The van der Waals surface area contributed by atoms with Crippen LogP contribution in [0.4, 0.5) is 0 Å². The van der Waals surface area contributed by atoms with Gasteiger partial charge in [0.15, 0.2) is 0 Å². The third-order valence-electron chi connectivity index (χ3n) is 3.82. The number of rotatable bonds is 10. The minimum Gasteiger partial charge on any atom is -0.368 e. The average Bonchev–Trinajstić information content (AvgIpc) is 2.87. The van der Waals surface area contributed by atoms with Crippen molar-refractivity contribution in [1.82, 2.24) is 10.6 Å². The first kappa shape index (κ1) is 17.5. The van der Waals surface area contributed by atoms with Gasteiger partial charge < -0.3 is 16.4 Å². The fraction of sp³-hybridized carbons (Fsp3) is 0.800. The van der Waals surface area contributed by atoms with E-state index in [4.69, 9.17) is 5.73 Å². The molecule has 0 aromatic carbocycles. The Morgan fingerprint density at radius 1 is 1.29 bits per heavy atom. The predicted octanol–water partition coefficient (Wildman–Crippen LogP) is 0.986. The predicted molar refractivity (Wildman–Crippen MR) is 80.3 cm³/mol. The number of unbranched alkanes of at least 4 members (excludes halogenated alkanes) is 5. The molecule has 6 heteroatoms. The van der Waals surface area contributed by atoms with Gasteiger partial charge in [-0.15, -0.1) is 0 Å². The third-order valence-corrected chi connectivity index (χ3v) is 3.82. The van der Waals surface area contributed by atoms with Crippen LogP contribution in [-0.4, -0.2) is 29.8 Å². The maximum Gasteiger partial charge on any atom is 0.243 e. The number of carbonyl (C=O) groups is 3. The van der Waals surface area contributed by atoms with E-state index in [1.54, 1.807) is 0 Å². The highest BCUT2D eigenvalue weighted by molar-refractivity contribution is 5.93. The smallest absolute Gasteiger partial charge is 0.243 e. The SMILES string of the molecule is CCCCCCCC[C@@H](NC(=O)[C@H]1CCC(=O)N1)C(N)=O. The Hall–Kier alpha value is -1.59. The molecule has 0 aromatic rings. The summed E-state index contributed by atoms with van der Waals surface area (Å²) < 4.78 is 0. The molecule has 0 radical (unpaired) electrons. The fourth-order valence-corrected chi connectivity index (χ4v) is 2.50. The molecule has 1 fully saturated rings. The topological polar surface area (TPSA) is 101 Å².